The summed E-state index contributed by atoms with van der Waals surface area (Å²) in [6.07, 6.45) is 0. The van der Waals surface area contributed by atoms with Gasteiger partial charge >= 0.3 is 0 Å². The Labute approximate surface area is 152 Å². The molecule has 0 spiro atoms. The SMILES string of the molecule is COc1cc2oc3c(c(=O)c2c(O)c1OC)OCc1c-3ccc2c1OCO2. The topological polar surface area (TPSA) is 96.6 Å². The second kappa shape index (κ2) is 5.47. The van der Waals surface area contributed by atoms with E-state index in [9.17, 15) is 9.90 Å². The van der Waals surface area contributed by atoms with Crippen LogP contribution in [0.25, 0.3) is 22.3 Å². The number of benzene rings is 2. The summed E-state index contributed by atoms with van der Waals surface area (Å²) < 4.78 is 32.9. The van der Waals surface area contributed by atoms with Gasteiger partial charge in [0.1, 0.15) is 17.6 Å². The first-order valence-corrected chi connectivity index (χ1v) is 8.13. The molecular formula is C19H14O8. The van der Waals surface area contributed by atoms with E-state index >= 15 is 0 Å². The summed E-state index contributed by atoms with van der Waals surface area (Å²) in [4.78, 5) is 13.0. The van der Waals surface area contributed by atoms with Crippen LogP contribution in [-0.4, -0.2) is 26.1 Å². The smallest absolute Gasteiger partial charge is 0.239 e. The molecule has 0 atom stereocenters. The molecule has 2 aliphatic rings. The van der Waals surface area contributed by atoms with Crippen LogP contribution in [0.15, 0.2) is 27.4 Å². The molecule has 0 aliphatic carbocycles. The van der Waals surface area contributed by atoms with Crippen LogP contribution >= 0.6 is 0 Å². The summed E-state index contributed by atoms with van der Waals surface area (Å²) in [5, 5.41) is 10.5. The van der Waals surface area contributed by atoms with E-state index in [0.29, 0.717) is 17.1 Å². The minimum Gasteiger partial charge on any atom is -0.504 e. The van der Waals surface area contributed by atoms with E-state index in [2.05, 4.69) is 0 Å². The van der Waals surface area contributed by atoms with Gasteiger partial charge in [-0.05, 0) is 12.1 Å². The summed E-state index contributed by atoms with van der Waals surface area (Å²) in [6.45, 7) is 0.254. The molecule has 138 valence electrons. The van der Waals surface area contributed by atoms with E-state index in [1.807, 2.05) is 0 Å². The Hall–Kier alpha value is -3.55. The van der Waals surface area contributed by atoms with Crippen LogP contribution in [0.4, 0.5) is 0 Å². The Bertz CT molecular complexity index is 1160. The predicted octanol–water partition coefficient (Wildman–Crippen LogP) is 2.80. The van der Waals surface area contributed by atoms with Crippen molar-refractivity contribution in [1.29, 1.82) is 0 Å². The maximum atomic E-state index is 13.0. The molecule has 0 fully saturated rings. The number of rotatable bonds is 2. The molecule has 27 heavy (non-hydrogen) atoms. The highest BCUT2D eigenvalue weighted by Gasteiger charge is 2.32. The van der Waals surface area contributed by atoms with Gasteiger partial charge in [0, 0.05) is 17.2 Å². The van der Waals surface area contributed by atoms with E-state index in [4.69, 9.17) is 28.1 Å². The molecule has 2 aliphatic heterocycles. The van der Waals surface area contributed by atoms with Gasteiger partial charge in [0.2, 0.25) is 23.7 Å². The number of hydrogen-bond acceptors (Lipinski definition) is 8. The lowest BCUT2D eigenvalue weighted by Crippen LogP contribution is -2.15. The van der Waals surface area contributed by atoms with E-state index < -0.39 is 5.43 Å². The Kier molecular flexibility index (Phi) is 3.18. The third-order valence-corrected chi connectivity index (χ3v) is 4.71. The molecule has 2 aromatic carbocycles. The van der Waals surface area contributed by atoms with Gasteiger partial charge in [0.15, 0.2) is 28.8 Å². The average molecular weight is 370 g/mol. The zero-order chi connectivity index (χ0) is 18.7. The maximum absolute atomic E-state index is 13.0. The molecule has 0 saturated carbocycles. The van der Waals surface area contributed by atoms with Crippen molar-refractivity contribution in [2.24, 2.45) is 0 Å². The van der Waals surface area contributed by atoms with Gasteiger partial charge in [0.25, 0.3) is 0 Å². The van der Waals surface area contributed by atoms with Gasteiger partial charge in [0.05, 0.1) is 14.2 Å². The minimum atomic E-state index is -0.493. The predicted molar refractivity (Wildman–Crippen MR) is 93.1 cm³/mol. The normalized spacial score (nSPS) is 13.7. The third-order valence-electron chi connectivity index (χ3n) is 4.71. The van der Waals surface area contributed by atoms with Gasteiger partial charge < -0.3 is 33.2 Å². The molecule has 0 amide bonds. The minimum absolute atomic E-state index is 0.0244. The van der Waals surface area contributed by atoms with Gasteiger partial charge in [-0.15, -0.1) is 0 Å². The summed E-state index contributed by atoms with van der Waals surface area (Å²) in [7, 11) is 2.80. The quantitative estimate of drug-likeness (QED) is 0.736. The van der Waals surface area contributed by atoms with Crippen LogP contribution in [0.5, 0.6) is 34.5 Å². The van der Waals surface area contributed by atoms with Crippen molar-refractivity contribution in [1.82, 2.24) is 0 Å². The Morgan fingerprint density at radius 1 is 1.07 bits per heavy atom. The third kappa shape index (κ3) is 2.00. The van der Waals surface area contributed by atoms with Gasteiger partial charge in [-0.3, -0.25) is 4.79 Å². The van der Waals surface area contributed by atoms with Crippen LogP contribution in [-0.2, 0) is 6.61 Å². The lowest BCUT2D eigenvalue weighted by Gasteiger charge is -2.21. The van der Waals surface area contributed by atoms with E-state index in [1.54, 1.807) is 12.1 Å². The van der Waals surface area contributed by atoms with Crippen molar-refractivity contribution in [3.05, 3.63) is 34.0 Å². The number of aromatic hydroxyl groups is 1. The van der Waals surface area contributed by atoms with E-state index in [-0.39, 0.29) is 53.1 Å². The molecule has 5 rings (SSSR count). The molecule has 8 nitrogen and oxygen atoms in total. The number of phenols is 1. The summed E-state index contributed by atoms with van der Waals surface area (Å²) in [5.41, 5.74) is 1.08. The molecule has 1 N–H and O–H groups in total. The van der Waals surface area contributed by atoms with Crippen LogP contribution < -0.4 is 29.1 Å². The van der Waals surface area contributed by atoms with Crippen molar-refractivity contribution in [3.8, 4) is 45.8 Å². The molecule has 0 saturated heterocycles. The van der Waals surface area contributed by atoms with Crippen LogP contribution in [0.1, 0.15) is 5.56 Å². The number of ether oxygens (including phenoxy) is 5. The Balaban J connectivity index is 1.84. The first kappa shape index (κ1) is 15.7. The maximum Gasteiger partial charge on any atom is 0.239 e. The Morgan fingerprint density at radius 3 is 2.70 bits per heavy atom. The summed E-state index contributed by atoms with van der Waals surface area (Å²) in [5.74, 6) is 1.42. The van der Waals surface area contributed by atoms with Crippen molar-refractivity contribution >= 4 is 11.0 Å². The van der Waals surface area contributed by atoms with Crippen LogP contribution in [0.3, 0.4) is 0 Å². The van der Waals surface area contributed by atoms with Crippen molar-refractivity contribution in [3.63, 3.8) is 0 Å². The first-order valence-electron chi connectivity index (χ1n) is 8.13. The van der Waals surface area contributed by atoms with E-state index in [1.165, 1.54) is 20.3 Å². The highest BCUT2D eigenvalue weighted by molar-refractivity contribution is 5.92. The fourth-order valence-electron chi connectivity index (χ4n) is 3.46. The van der Waals surface area contributed by atoms with Crippen molar-refractivity contribution in [2.75, 3.05) is 21.0 Å². The fourth-order valence-corrected chi connectivity index (χ4v) is 3.46. The standard InChI is InChI=1S/C19H14O8/c1-22-12-5-11-13(14(20)18(12)23-2)15(21)19-17(27-11)8-3-4-10-16(26-7-25-10)9(8)6-24-19/h3-5,20H,6-7H2,1-2H3. The average Bonchev–Trinajstić information content (AvgIpc) is 3.16. The lowest BCUT2D eigenvalue weighted by molar-refractivity contribution is 0.171. The molecule has 8 heteroatoms. The fraction of sp³-hybridized carbons (Fsp3) is 0.211. The number of fused-ring (bicyclic) bond motifs is 6. The molecule has 1 aromatic heterocycles. The van der Waals surface area contributed by atoms with Gasteiger partial charge in [-0.1, -0.05) is 0 Å². The molecular weight excluding hydrogens is 356 g/mol. The molecule has 0 radical (unpaired) electrons. The zero-order valence-electron chi connectivity index (χ0n) is 14.5. The highest BCUT2D eigenvalue weighted by atomic mass is 16.7. The number of methoxy groups -OCH3 is 2. The summed E-state index contributed by atoms with van der Waals surface area (Å²) in [6, 6.07) is 5.04. The van der Waals surface area contributed by atoms with Crippen LogP contribution in [0, 0.1) is 0 Å². The molecule has 3 heterocycles. The molecule has 3 aromatic rings. The lowest BCUT2D eigenvalue weighted by atomic mass is 10.00. The van der Waals surface area contributed by atoms with Crippen molar-refractivity contribution < 1.29 is 33.2 Å². The van der Waals surface area contributed by atoms with Crippen LogP contribution in [0.2, 0.25) is 0 Å². The molecule has 0 unspecified atom stereocenters. The second-order valence-electron chi connectivity index (χ2n) is 6.04. The monoisotopic (exact) mass is 370 g/mol. The highest BCUT2D eigenvalue weighted by Crippen LogP contribution is 2.48. The first-order chi connectivity index (χ1) is 13.1. The van der Waals surface area contributed by atoms with Crippen molar-refractivity contribution in [2.45, 2.75) is 6.61 Å². The van der Waals surface area contributed by atoms with Gasteiger partial charge in [-0.25, -0.2) is 0 Å². The van der Waals surface area contributed by atoms with E-state index in [0.717, 1.165) is 5.56 Å². The Morgan fingerprint density at radius 2 is 1.93 bits per heavy atom. The largest absolute Gasteiger partial charge is 0.504 e. The second-order valence-corrected chi connectivity index (χ2v) is 6.04. The zero-order valence-corrected chi connectivity index (χ0v) is 14.5. The molecule has 0 bridgehead atoms. The number of hydrogen-bond donors (Lipinski definition) is 1. The summed E-state index contributed by atoms with van der Waals surface area (Å²) >= 11 is 0. The number of phenolic OH excluding ortho intramolecular Hbond substituents is 1. The van der Waals surface area contributed by atoms with Gasteiger partial charge in [-0.2, -0.15) is 0 Å².